The van der Waals surface area contributed by atoms with Gasteiger partial charge in [-0.05, 0) is 23.3 Å². The number of ether oxygens (including phenoxy) is 1. The van der Waals surface area contributed by atoms with Crippen LogP contribution in [0.3, 0.4) is 0 Å². The van der Waals surface area contributed by atoms with Crippen LogP contribution in [0.5, 0.6) is 0 Å². The van der Waals surface area contributed by atoms with Crippen LogP contribution in [-0.2, 0) is 17.2 Å². The number of nitrogens with one attached hydrogen (secondary N) is 2. The lowest BCUT2D eigenvalue weighted by molar-refractivity contribution is 0.155. The number of alkyl halides is 1. The van der Waals surface area contributed by atoms with Crippen LogP contribution in [-0.4, -0.2) is 16.1 Å². The summed E-state index contributed by atoms with van der Waals surface area (Å²) >= 11 is 5.83. The molecule has 24 heavy (non-hydrogen) atoms. The van der Waals surface area contributed by atoms with Gasteiger partial charge in [0.15, 0.2) is 0 Å². The fourth-order valence-corrected chi connectivity index (χ4v) is 2.47. The van der Waals surface area contributed by atoms with Gasteiger partial charge < -0.3 is 9.72 Å². The summed E-state index contributed by atoms with van der Waals surface area (Å²) in [5, 5.41) is 3.26. The number of amides is 1. The van der Waals surface area contributed by atoms with Crippen molar-refractivity contribution in [1.82, 2.24) is 9.97 Å². The molecule has 3 aromatic rings. The van der Waals surface area contributed by atoms with Crippen molar-refractivity contribution < 1.29 is 9.53 Å². The van der Waals surface area contributed by atoms with Gasteiger partial charge >= 0.3 is 6.09 Å². The van der Waals surface area contributed by atoms with Gasteiger partial charge in [-0.1, -0.05) is 30.3 Å². The van der Waals surface area contributed by atoms with Crippen LogP contribution in [0.2, 0.25) is 0 Å². The highest BCUT2D eigenvalue weighted by molar-refractivity contribution is 6.17. The molecule has 0 aliphatic rings. The molecule has 0 radical (unpaired) electrons. The molecule has 2 heterocycles. The van der Waals surface area contributed by atoms with E-state index >= 15 is 0 Å². The molecule has 0 aliphatic carbocycles. The van der Waals surface area contributed by atoms with Crippen molar-refractivity contribution >= 4 is 34.5 Å². The number of H-pyrrole nitrogens is 1. The highest BCUT2D eigenvalue weighted by atomic mass is 35.5. The van der Waals surface area contributed by atoms with Crippen LogP contribution in [0, 0.1) is 0 Å². The summed E-state index contributed by atoms with van der Waals surface area (Å²) in [7, 11) is 0. The Labute approximate surface area is 142 Å². The number of aromatic nitrogens is 2. The number of anilines is 1. The molecule has 1 aromatic carbocycles. The van der Waals surface area contributed by atoms with Crippen molar-refractivity contribution in [3.63, 3.8) is 0 Å². The highest BCUT2D eigenvalue weighted by Crippen LogP contribution is 2.17. The Hall–Kier alpha value is -2.86. The Morgan fingerprint density at radius 1 is 1.21 bits per heavy atom. The van der Waals surface area contributed by atoms with E-state index in [2.05, 4.69) is 15.3 Å². The molecule has 6 nitrogen and oxygen atoms in total. The number of carbonyl (C=O) groups is 1. The minimum atomic E-state index is -0.624. The lowest BCUT2D eigenvalue weighted by Crippen LogP contribution is -2.15. The molecule has 122 valence electrons. The first kappa shape index (κ1) is 16.0. The van der Waals surface area contributed by atoms with Crippen molar-refractivity contribution in [2.24, 2.45) is 0 Å². The molecule has 7 heteroatoms. The summed E-state index contributed by atoms with van der Waals surface area (Å²) in [6.07, 6.45) is -0.624. The first-order valence-corrected chi connectivity index (χ1v) is 7.76. The maximum Gasteiger partial charge on any atom is 0.413 e. The van der Waals surface area contributed by atoms with Gasteiger partial charge in [-0.2, -0.15) is 0 Å². The number of carbonyl (C=O) groups excluding carboxylic acids is 1. The number of aromatic amines is 1. The monoisotopic (exact) mass is 343 g/mol. The number of rotatable bonds is 4. The Morgan fingerprint density at radius 3 is 2.75 bits per heavy atom. The molecule has 2 N–H and O–H groups in total. The van der Waals surface area contributed by atoms with E-state index in [1.165, 1.54) is 6.07 Å². The normalized spacial score (nSPS) is 10.5. The summed E-state index contributed by atoms with van der Waals surface area (Å²) in [5.41, 5.74) is 1.63. The summed E-state index contributed by atoms with van der Waals surface area (Å²) < 4.78 is 5.13. The standard InChI is InChI=1S/C17H14ClN3O3/c18-9-12-8-15(22)21-16-13(12)6-7-14(19-16)20-17(23)24-10-11-4-2-1-3-5-11/h1-8H,9-10H2,(H2,19,20,21,22,23). The van der Waals surface area contributed by atoms with E-state index in [0.717, 1.165) is 10.9 Å². The van der Waals surface area contributed by atoms with Crippen LogP contribution >= 0.6 is 11.6 Å². The Bertz CT molecular complexity index is 925. The Kier molecular flexibility index (Phi) is 4.77. The molecular formula is C17H14ClN3O3. The van der Waals surface area contributed by atoms with Crippen molar-refractivity contribution in [3.05, 3.63) is 70.0 Å². The molecule has 0 fully saturated rings. The first-order valence-electron chi connectivity index (χ1n) is 7.22. The number of fused-ring (bicyclic) bond motifs is 1. The first-order chi connectivity index (χ1) is 11.7. The fraction of sp³-hybridized carbons (Fsp3) is 0.118. The third kappa shape index (κ3) is 3.72. The number of pyridine rings is 2. The molecule has 0 atom stereocenters. The smallest absolute Gasteiger partial charge is 0.413 e. The van der Waals surface area contributed by atoms with Gasteiger partial charge in [-0.3, -0.25) is 10.1 Å². The second kappa shape index (κ2) is 7.14. The second-order valence-corrected chi connectivity index (χ2v) is 5.34. The summed E-state index contributed by atoms with van der Waals surface area (Å²) in [4.78, 5) is 30.3. The number of benzene rings is 1. The average molecular weight is 344 g/mol. The minimum Gasteiger partial charge on any atom is -0.444 e. The predicted octanol–water partition coefficient (Wildman–Crippen LogP) is 3.41. The lowest BCUT2D eigenvalue weighted by Gasteiger charge is -2.08. The molecule has 0 saturated carbocycles. The van der Waals surface area contributed by atoms with Crippen LogP contribution < -0.4 is 10.9 Å². The van der Waals surface area contributed by atoms with Crippen LogP contribution in [0.25, 0.3) is 11.0 Å². The van der Waals surface area contributed by atoms with Crippen molar-refractivity contribution in [2.75, 3.05) is 5.32 Å². The van der Waals surface area contributed by atoms with Crippen molar-refractivity contribution in [2.45, 2.75) is 12.5 Å². The van der Waals surface area contributed by atoms with E-state index in [0.29, 0.717) is 11.2 Å². The quantitative estimate of drug-likeness (QED) is 0.711. The maximum absolute atomic E-state index is 11.8. The molecule has 0 spiro atoms. The Balaban J connectivity index is 1.73. The van der Waals surface area contributed by atoms with Crippen molar-refractivity contribution in [3.8, 4) is 0 Å². The predicted molar refractivity (Wildman–Crippen MR) is 92.2 cm³/mol. The SMILES string of the molecule is O=C(Nc1ccc2c(CCl)cc(=O)[nH]c2n1)OCc1ccccc1. The molecule has 0 saturated heterocycles. The van der Waals surface area contributed by atoms with Gasteiger partial charge in [0.2, 0.25) is 5.56 Å². The van der Waals surface area contributed by atoms with Crippen LogP contribution in [0.4, 0.5) is 10.6 Å². The third-order valence-electron chi connectivity index (χ3n) is 3.37. The third-order valence-corrected chi connectivity index (χ3v) is 3.66. The van der Waals surface area contributed by atoms with E-state index in [-0.39, 0.29) is 23.9 Å². The molecular weight excluding hydrogens is 330 g/mol. The zero-order chi connectivity index (χ0) is 16.9. The average Bonchev–Trinajstić information content (AvgIpc) is 2.59. The number of hydrogen-bond acceptors (Lipinski definition) is 4. The van der Waals surface area contributed by atoms with E-state index < -0.39 is 6.09 Å². The van der Waals surface area contributed by atoms with E-state index in [9.17, 15) is 9.59 Å². The van der Waals surface area contributed by atoms with Gasteiger partial charge in [0, 0.05) is 17.3 Å². The van der Waals surface area contributed by atoms with Gasteiger partial charge in [0.1, 0.15) is 18.1 Å². The molecule has 0 aliphatic heterocycles. The van der Waals surface area contributed by atoms with Gasteiger partial charge in [0.25, 0.3) is 0 Å². The molecule has 2 aromatic heterocycles. The molecule has 1 amide bonds. The van der Waals surface area contributed by atoms with Gasteiger partial charge in [0.05, 0.1) is 0 Å². The molecule has 0 bridgehead atoms. The van der Waals surface area contributed by atoms with Crippen LogP contribution in [0.15, 0.2) is 53.3 Å². The van der Waals surface area contributed by atoms with Crippen molar-refractivity contribution in [1.29, 1.82) is 0 Å². The zero-order valence-electron chi connectivity index (χ0n) is 12.6. The zero-order valence-corrected chi connectivity index (χ0v) is 13.3. The Morgan fingerprint density at radius 2 is 2.00 bits per heavy atom. The van der Waals surface area contributed by atoms with Gasteiger partial charge in [-0.25, -0.2) is 9.78 Å². The van der Waals surface area contributed by atoms with E-state index in [4.69, 9.17) is 16.3 Å². The summed E-state index contributed by atoms with van der Waals surface area (Å²) in [6, 6.07) is 14.1. The number of hydrogen-bond donors (Lipinski definition) is 2. The van der Waals surface area contributed by atoms with Gasteiger partial charge in [-0.15, -0.1) is 11.6 Å². The fourth-order valence-electron chi connectivity index (χ4n) is 2.25. The number of halogens is 1. The highest BCUT2D eigenvalue weighted by Gasteiger charge is 2.08. The summed E-state index contributed by atoms with van der Waals surface area (Å²) in [6.45, 7) is 0.160. The maximum atomic E-state index is 11.8. The largest absolute Gasteiger partial charge is 0.444 e. The second-order valence-electron chi connectivity index (χ2n) is 5.07. The molecule has 3 rings (SSSR count). The lowest BCUT2D eigenvalue weighted by atomic mass is 10.2. The summed E-state index contributed by atoms with van der Waals surface area (Å²) in [5.74, 6) is 0.483. The van der Waals surface area contributed by atoms with E-state index in [1.54, 1.807) is 12.1 Å². The van der Waals surface area contributed by atoms with E-state index in [1.807, 2.05) is 30.3 Å². The van der Waals surface area contributed by atoms with Crippen LogP contribution in [0.1, 0.15) is 11.1 Å². The number of nitrogens with zero attached hydrogens (tertiary/aromatic N) is 1. The topological polar surface area (TPSA) is 84.1 Å². The minimum absolute atomic E-state index is 0.160. The molecule has 0 unspecified atom stereocenters.